The molecule has 124 heavy (non-hydrogen) atoms. The predicted molar refractivity (Wildman–Crippen MR) is 511 cm³/mol. The minimum atomic E-state index is -0.528. The second kappa shape index (κ2) is 48.2. The standard InChI is InChI=1S/C112H156N4O8/c1-9-13-17-21-25-29-33-37-53-65-89-93-69-97(109-101(105(93)117)73-113(77-121-109)81(5)85-57-45-41-46-58-85)90(66-54-38-34-30-26-22-18-14-10-2)95-71-99(111-103(107(95)119)75-115(79-123-111)83(7)87-61-49-43-50-62-87)92(68-56-40-36-32-28-24-20-16-12-4)100-72-96(108(120)104-76-116(80-124-112(100)104)84(8)88-63-51-44-52-64-88)91(67-55-39-35-31-27-23-19-15-11-3)98-70-94(89)106(118)102-74-114(78-122-110(98)102)82(6)86-59-47-42-48-60-86/h41-52,57-64,69-72,81-84,89-92,117-120H,9-40,53-56,65-68,73-80H2,1-8H3/t81-,82-,83-,84-,89?,90?,91?,92?/m1/s1. The van der Waals surface area contributed by atoms with Crippen LogP contribution in [0.2, 0.25) is 0 Å². The van der Waals surface area contributed by atoms with Gasteiger partial charge in [0.2, 0.25) is 0 Å². The Labute approximate surface area is 748 Å². The Morgan fingerprint density at radius 1 is 0.242 bits per heavy atom. The Bertz CT molecular complexity index is 4270. The fraction of sp³-hybridized carbons (Fsp3) is 0.571. The molecule has 0 aromatic heterocycles. The number of hydrogen-bond donors (Lipinski definition) is 4. The molecule has 5 aliphatic rings. The molecule has 0 saturated carbocycles. The number of rotatable bonds is 48. The molecule has 6 atom stereocenters. The molecule has 0 amide bonds. The zero-order valence-corrected chi connectivity index (χ0v) is 77.6. The van der Waals surface area contributed by atoms with Gasteiger partial charge in [0, 0.05) is 119 Å². The molecule has 4 aliphatic heterocycles. The summed E-state index contributed by atoms with van der Waals surface area (Å²) < 4.78 is 30.3. The number of aromatic hydroxyl groups is 4. The molecule has 8 bridgehead atoms. The van der Waals surface area contributed by atoms with E-state index in [1.54, 1.807) is 0 Å². The molecule has 2 unspecified atom stereocenters. The van der Waals surface area contributed by atoms with Crippen LogP contribution in [0.15, 0.2) is 146 Å². The van der Waals surface area contributed by atoms with Crippen LogP contribution < -0.4 is 18.9 Å². The Balaban J connectivity index is 1.11. The number of benzene rings is 8. The molecule has 12 heteroatoms. The van der Waals surface area contributed by atoms with Gasteiger partial charge in [0.25, 0.3) is 0 Å². The van der Waals surface area contributed by atoms with Gasteiger partial charge in [-0.1, -0.05) is 380 Å². The summed E-state index contributed by atoms with van der Waals surface area (Å²) in [5, 5.41) is 57.7. The van der Waals surface area contributed by atoms with Crippen LogP contribution in [0.4, 0.5) is 0 Å². The average Bonchev–Trinajstić information content (AvgIpc) is 0.723. The first kappa shape index (κ1) is 93.6. The number of phenols is 4. The molecule has 0 spiro atoms. The summed E-state index contributed by atoms with van der Waals surface area (Å²) in [4.78, 5) is 9.50. The Morgan fingerprint density at radius 3 is 0.605 bits per heavy atom. The fourth-order valence-corrected chi connectivity index (χ4v) is 21.3. The van der Waals surface area contributed by atoms with E-state index in [4.69, 9.17) is 18.9 Å². The van der Waals surface area contributed by atoms with E-state index in [0.717, 1.165) is 168 Å². The van der Waals surface area contributed by atoms with E-state index in [1.165, 1.54) is 170 Å². The van der Waals surface area contributed by atoms with Crippen LogP contribution in [0.25, 0.3) is 0 Å². The van der Waals surface area contributed by atoms with Crippen molar-refractivity contribution in [3.8, 4) is 46.0 Å². The summed E-state index contributed by atoms with van der Waals surface area (Å²) in [5.74, 6) is 2.04. The van der Waals surface area contributed by atoms with Gasteiger partial charge < -0.3 is 39.4 Å². The Morgan fingerprint density at radius 2 is 0.411 bits per heavy atom. The van der Waals surface area contributed by atoms with E-state index < -0.39 is 17.8 Å². The molecular weight excluding hydrogens is 1530 g/mol. The van der Waals surface area contributed by atoms with Gasteiger partial charge in [0.1, 0.15) is 72.9 Å². The lowest BCUT2D eigenvalue weighted by Gasteiger charge is -2.40. The zero-order chi connectivity index (χ0) is 86.5. The molecule has 672 valence electrons. The van der Waals surface area contributed by atoms with Crippen LogP contribution in [0.1, 0.15) is 449 Å². The second-order valence-electron chi connectivity index (χ2n) is 38.0. The lowest BCUT2D eigenvalue weighted by Crippen LogP contribution is -2.36. The lowest BCUT2D eigenvalue weighted by molar-refractivity contribution is 0.0575. The van der Waals surface area contributed by atoms with Gasteiger partial charge >= 0.3 is 0 Å². The van der Waals surface area contributed by atoms with E-state index >= 15 is 0 Å². The summed E-state index contributed by atoms with van der Waals surface area (Å²) >= 11 is 0. The minimum absolute atomic E-state index is 0.0476. The van der Waals surface area contributed by atoms with Crippen molar-refractivity contribution in [3.63, 3.8) is 0 Å². The maximum Gasteiger partial charge on any atom is 0.142 e. The van der Waals surface area contributed by atoms with Crippen molar-refractivity contribution in [1.29, 1.82) is 0 Å². The molecule has 4 N–H and O–H groups in total. The number of fused-ring (bicyclic) bond motifs is 16. The first-order chi connectivity index (χ1) is 60.8. The SMILES string of the molecule is CCCCCCCCCCCC1c2cc(c3c(c2O)CN([C@H](C)c2ccccc2)CO3)C(CCCCCCCCCCC)c2cc(c3c(c2O)CN([C@H](C)c2ccccc2)CO3)C(CCCCCCCCCCC)c2cc(c(O)c3c2OCN([C@H](C)c2ccccc2)C3)C(CCCCCCCCCCC)c2cc1c(O)c1c2OCN([C@H](C)c2ccccc2)C1. The lowest BCUT2D eigenvalue weighted by atomic mass is 9.74. The van der Waals surface area contributed by atoms with Crippen molar-refractivity contribution >= 4 is 0 Å². The van der Waals surface area contributed by atoms with Crippen molar-refractivity contribution in [2.75, 3.05) is 26.9 Å². The predicted octanol–water partition coefficient (Wildman–Crippen LogP) is 30.7. The van der Waals surface area contributed by atoms with E-state index in [1.807, 2.05) is 0 Å². The molecule has 4 heterocycles. The van der Waals surface area contributed by atoms with Crippen molar-refractivity contribution in [2.24, 2.45) is 0 Å². The first-order valence-corrected chi connectivity index (χ1v) is 50.0. The number of unbranched alkanes of at least 4 members (excludes halogenated alkanes) is 32. The van der Waals surface area contributed by atoms with Crippen LogP contribution >= 0.6 is 0 Å². The van der Waals surface area contributed by atoms with Crippen LogP contribution in [0.5, 0.6) is 46.0 Å². The maximum absolute atomic E-state index is 14.5. The molecule has 12 nitrogen and oxygen atoms in total. The van der Waals surface area contributed by atoms with Crippen molar-refractivity contribution in [3.05, 3.63) is 235 Å². The normalized spacial score (nSPS) is 18.2. The smallest absolute Gasteiger partial charge is 0.142 e. The highest BCUT2D eigenvalue weighted by Crippen LogP contribution is 2.59. The van der Waals surface area contributed by atoms with E-state index in [9.17, 15) is 20.4 Å². The van der Waals surface area contributed by atoms with Gasteiger partial charge in [-0.05, 0) is 99.9 Å². The molecule has 0 radical (unpaired) electrons. The summed E-state index contributed by atoms with van der Waals surface area (Å²) in [6.45, 7) is 21.2. The summed E-state index contributed by atoms with van der Waals surface area (Å²) in [6.07, 6.45) is 44.7. The Hall–Kier alpha value is -8.00. The number of phenolic OH excluding ortho intramolecular Hbond substituents is 4. The molecule has 8 aromatic rings. The Kier molecular flexibility index (Phi) is 36.4. The van der Waals surface area contributed by atoms with Crippen LogP contribution in [0.3, 0.4) is 0 Å². The third-order valence-corrected chi connectivity index (χ3v) is 29.3. The maximum atomic E-state index is 14.5. The molecular formula is C112H156N4O8. The highest BCUT2D eigenvalue weighted by atomic mass is 16.5. The van der Waals surface area contributed by atoms with E-state index in [0.29, 0.717) is 83.9 Å². The van der Waals surface area contributed by atoms with Crippen LogP contribution in [-0.2, 0) is 26.2 Å². The molecule has 13 rings (SSSR count). The van der Waals surface area contributed by atoms with Gasteiger partial charge in [-0.2, -0.15) is 0 Å². The highest BCUT2D eigenvalue weighted by molar-refractivity contribution is 5.69. The van der Waals surface area contributed by atoms with Crippen LogP contribution in [0, 0.1) is 0 Å². The minimum Gasteiger partial charge on any atom is -0.507 e. The largest absolute Gasteiger partial charge is 0.507 e. The number of ether oxygens (including phenoxy) is 4. The zero-order valence-electron chi connectivity index (χ0n) is 77.6. The van der Waals surface area contributed by atoms with Gasteiger partial charge in [-0.15, -0.1) is 0 Å². The molecule has 0 saturated heterocycles. The van der Waals surface area contributed by atoms with Gasteiger partial charge in [-0.25, -0.2) is 0 Å². The van der Waals surface area contributed by atoms with Gasteiger partial charge in [-0.3, -0.25) is 19.6 Å². The monoisotopic (exact) mass is 1690 g/mol. The third-order valence-electron chi connectivity index (χ3n) is 29.3. The molecule has 0 fully saturated rings. The quantitative estimate of drug-likeness (QED) is 0.0271. The van der Waals surface area contributed by atoms with Gasteiger partial charge in [0.15, 0.2) is 0 Å². The molecule has 8 aromatic carbocycles. The van der Waals surface area contributed by atoms with Crippen LogP contribution in [-0.4, -0.2) is 66.9 Å². The highest BCUT2D eigenvalue weighted by Gasteiger charge is 2.43. The average molecular weight is 1690 g/mol. The number of nitrogens with zero attached hydrogens (tertiary/aromatic N) is 4. The number of hydrogen-bond acceptors (Lipinski definition) is 12. The van der Waals surface area contributed by atoms with E-state index in [-0.39, 0.29) is 53.1 Å². The fourth-order valence-electron chi connectivity index (χ4n) is 21.3. The summed E-state index contributed by atoms with van der Waals surface area (Å²) in [5.41, 5.74) is 15.0. The van der Waals surface area contributed by atoms with Crippen molar-refractivity contribution < 1.29 is 39.4 Å². The third kappa shape index (κ3) is 23.7. The summed E-state index contributed by atoms with van der Waals surface area (Å²) in [7, 11) is 0. The first-order valence-electron chi connectivity index (χ1n) is 50.0. The topological polar surface area (TPSA) is 131 Å². The van der Waals surface area contributed by atoms with Crippen molar-refractivity contribution in [2.45, 2.75) is 386 Å². The molecule has 1 aliphatic carbocycles. The second-order valence-corrected chi connectivity index (χ2v) is 38.0. The van der Waals surface area contributed by atoms with E-state index in [2.05, 4.69) is 221 Å². The van der Waals surface area contributed by atoms with Gasteiger partial charge in [0.05, 0.1) is 22.3 Å². The van der Waals surface area contributed by atoms with Crippen molar-refractivity contribution in [1.82, 2.24) is 19.6 Å². The summed E-state index contributed by atoms with van der Waals surface area (Å²) in [6, 6.07) is 52.2.